The van der Waals surface area contributed by atoms with E-state index < -0.39 is 0 Å². The maximum Gasteiger partial charge on any atom is 0.294 e. The fraction of sp³-hybridized carbons (Fsp3) is 0.250. The van der Waals surface area contributed by atoms with Gasteiger partial charge in [-0.2, -0.15) is 0 Å². The van der Waals surface area contributed by atoms with Gasteiger partial charge in [-0.1, -0.05) is 0 Å². The van der Waals surface area contributed by atoms with E-state index in [0.29, 0.717) is 5.19 Å². The zero-order chi connectivity index (χ0) is 15.4. The molecule has 4 aromatic rings. The Labute approximate surface area is 135 Å². The molecule has 23 heavy (non-hydrogen) atoms. The van der Waals surface area contributed by atoms with Crippen LogP contribution >= 0.6 is 11.3 Å². The van der Waals surface area contributed by atoms with E-state index in [1.807, 2.05) is 24.4 Å². The molecule has 0 unspecified atom stereocenters. The predicted octanol–water partition coefficient (Wildman–Crippen LogP) is 3.54. The number of nitrogens with zero attached hydrogens (tertiary/aromatic N) is 3. The zero-order valence-corrected chi connectivity index (χ0v) is 13.2. The van der Waals surface area contributed by atoms with Crippen LogP contribution in [0.5, 0.6) is 10.9 Å². The minimum atomic E-state index is 0.592. The second-order valence-corrected chi connectivity index (χ2v) is 6.37. The first-order valence-electron chi connectivity index (χ1n) is 7.40. The number of rotatable bonds is 2. The fourth-order valence-corrected chi connectivity index (χ4v) is 3.65. The summed E-state index contributed by atoms with van der Waals surface area (Å²) < 4.78 is 18.6. The molecular formula is C16H13N3O3S. The van der Waals surface area contributed by atoms with Gasteiger partial charge < -0.3 is 13.9 Å². The molecule has 116 valence electrons. The third-order valence-corrected chi connectivity index (χ3v) is 4.91. The van der Waals surface area contributed by atoms with Crippen LogP contribution < -0.4 is 9.47 Å². The number of furan rings is 1. The van der Waals surface area contributed by atoms with Gasteiger partial charge in [0.1, 0.15) is 17.0 Å². The van der Waals surface area contributed by atoms with Crippen molar-refractivity contribution in [3.8, 4) is 22.4 Å². The van der Waals surface area contributed by atoms with E-state index >= 15 is 0 Å². The van der Waals surface area contributed by atoms with E-state index in [1.165, 1.54) is 11.3 Å². The van der Waals surface area contributed by atoms with Crippen molar-refractivity contribution >= 4 is 27.3 Å². The first-order valence-corrected chi connectivity index (χ1v) is 8.22. The molecule has 0 bridgehead atoms. The number of methoxy groups -OCH3 is 1. The van der Waals surface area contributed by atoms with E-state index in [9.17, 15) is 0 Å². The summed E-state index contributed by atoms with van der Waals surface area (Å²) in [6.07, 6.45) is 3.86. The molecule has 1 aromatic carbocycles. The predicted molar refractivity (Wildman–Crippen MR) is 86.4 cm³/mol. The van der Waals surface area contributed by atoms with Gasteiger partial charge in [0.25, 0.3) is 5.19 Å². The molecule has 0 saturated carbocycles. The second kappa shape index (κ2) is 4.73. The van der Waals surface area contributed by atoms with Gasteiger partial charge in [0.05, 0.1) is 19.9 Å². The maximum atomic E-state index is 6.10. The summed E-state index contributed by atoms with van der Waals surface area (Å²) in [5, 5.41) is 5.96. The normalized spacial score (nSPS) is 14.1. The van der Waals surface area contributed by atoms with Crippen molar-refractivity contribution in [3.63, 3.8) is 0 Å². The topological polar surface area (TPSA) is 61.8 Å². The van der Waals surface area contributed by atoms with E-state index in [-0.39, 0.29) is 0 Å². The van der Waals surface area contributed by atoms with Gasteiger partial charge in [-0.05, 0) is 42.4 Å². The summed E-state index contributed by atoms with van der Waals surface area (Å²) in [7, 11) is 1.60. The molecule has 0 amide bonds. The molecule has 0 spiro atoms. The summed E-state index contributed by atoms with van der Waals surface area (Å²) >= 11 is 1.40. The number of benzene rings is 1. The van der Waals surface area contributed by atoms with Crippen LogP contribution in [0.4, 0.5) is 0 Å². The first-order chi connectivity index (χ1) is 11.3. The second-order valence-electron chi connectivity index (χ2n) is 5.45. The van der Waals surface area contributed by atoms with Gasteiger partial charge in [-0.25, -0.2) is 9.50 Å². The molecule has 3 aromatic heterocycles. The van der Waals surface area contributed by atoms with E-state index in [4.69, 9.17) is 13.9 Å². The molecule has 0 fully saturated rings. The Kier molecular flexibility index (Phi) is 2.66. The van der Waals surface area contributed by atoms with E-state index in [1.54, 1.807) is 11.6 Å². The van der Waals surface area contributed by atoms with Gasteiger partial charge in [0.2, 0.25) is 4.96 Å². The third kappa shape index (κ3) is 1.93. The van der Waals surface area contributed by atoms with Crippen LogP contribution in [0.15, 0.2) is 28.8 Å². The smallest absolute Gasteiger partial charge is 0.294 e. The van der Waals surface area contributed by atoms with Crippen LogP contribution in [0.3, 0.4) is 0 Å². The molecule has 0 atom stereocenters. The third-order valence-electron chi connectivity index (χ3n) is 4.03. The quantitative estimate of drug-likeness (QED) is 0.563. The molecule has 0 saturated heterocycles. The molecule has 1 aliphatic rings. The molecule has 0 N–H and O–H groups in total. The Bertz CT molecular complexity index is 999. The average Bonchev–Trinajstić information content (AvgIpc) is 3.26. The van der Waals surface area contributed by atoms with Crippen LogP contribution in [-0.2, 0) is 6.42 Å². The van der Waals surface area contributed by atoms with Crippen molar-refractivity contribution in [2.45, 2.75) is 12.8 Å². The number of ether oxygens (including phenoxy) is 2. The molecule has 0 radical (unpaired) electrons. The van der Waals surface area contributed by atoms with Crippen LogP contribution in [0.2, 0.25) is 0 Å². The lowest BCUT2D eigenvalue weighted by atomic mass is 10.0. The standard InChI is InChI=1S/C16H13N3O3S/c1-20-16-18-19-8-11(17-15(19)23-16)13-7-9-4-5-12-10(14(9)22-13)3-2-6-21-12/h4-5,7-8H,2-3,6H2,1H3. The van der Waals surface area contributed by atoms with Gasteiger partial charge >= 0.3 is 0 Å². The van der Waals surface area contributed by atoms with E-state index in [0.717, 1.165) is 58.1 Å². The zero-order valence-electron chi connectivity index (χ0n) is 12.4. The Balaban J connectivity index is 1.65. The van der Waals surface area contributed by atoms with Crippen molar-refractivity contribution in [2.75, 3.05) is 13.7 Å². The highest BCUT2D eigenvalue weighted by Gasteiger charge is 2.19. The maximum absolute atomic E-state index is 6.10. The van der Waals surface area contributed by atoms with Gasteiger partial charge in [0, 0.05) is 10.9 Å². The molecule has 7 heteroatoms. The number of hydrogen-bond donors (Lipinski definition) is 0. The van der Waals surface area contributed by atoms with Crippen LogP contribution in [0.25, 0.3) is 27.4 Å². The molecule has 0 aliphatic carbocycles. The molecule has 5 rings (SSSR count). The number of imidazole rings is 1. The SMILES string of the molecule is COc1nn2cc(-c3cc4ccc5c(c4o3)CCCO5)nc2s1. The summed E-state index contributed by atoms with van der Waals surface area (Å²) in [5.41, 5.74) is 2.83. The molecular weight excluding hydrogens is 314 g/mol. The minimum Gasteiger partial charge on any atom is -0.493 e. The highest BCUT2D eigenvalue weighted by atomic mass is 32.1. The first kappa shape index (κ1) is 13.0. The Morgan fingerprint density at radius 1 is 1.35 bits per heavy atom. The lowest BCUT2D eigenvalue weighted by molar-refractivity contribution is 0.288. The van der Waals surface area contributed by atoms with Gasteiger partial charge in [0.15, 0.2) is 5.76 Å². The Hall–Kier alpha value is -2.54. The number of aryl methyl sites for hydroxylation is 1. The summed E-state index contributed by atoms with van der Waals surface area (Å²) in [4.78, 5) is 5.35. The van der Waals surface area contributed by atoms with Crippen molar-refractivity contribution in [1.82, 2.24) is 14.6 Å². The van der Waals surface area contributed by atoms with Gasteiger partial charge in [-0.15, -0.1) is 5.10 Å². The number of hydrogen-bond acceptors (Lipinski definition) is 6. The molecule has 6 nitrogen and oxygen atoms in total. The van der Waals surface area contributed by atoms with Crippen molar-refractivity contribution in [2.24, 2.45) is 0 Å². The number of aromatic nitrogens is 3. The highest BCUT2D eigenvalue weighted by Crippen LogP contribution is 2.36. The van der Waals surface area contributed by atoms with Crippen molar-refractivity contribution in [1.29, 1.82) is 0 Å². The van der Waals surface area contributed by atoms with Crippen LogP contribution in [0.1, 0.15) is 12.0 Å². The summed E-state index contributed by atoms with van der Waals surface area (Å²) in [6.45, 7) is 0.775. The largest absolute Gasteiger partial charge is 0.493 e. The summed E-state index contributed by atoms with van der Waals surface area (Å²) in [5.74, 6) is 1.68. The van der Waals surface area contributed by atoms with Crippen molar-refractivity contribution < 1.29 is 13.9 Å². The van der Waals surface area contributed by atoms with E-state index in [2.05, 4.69) is 10.1 Å². The van der Waals surface area contributed by atoms with Crippen molar-refractivity contribution in [3.05, 3.63) is 30.0 Å². The van der Waals surface area contributed by atoms with Crippen LogP contribution in [-0.4, -0.2) is 28.3 Å². The Morgan fingerprint density at radius 3 is 3.17 bits per heavy atom. The molecule has 4 heterocycles. The van der Waals surface area contributed by atoms with Crippen LogP contribution in [0, 0.1) is 0 Å². The average molecular weight is 327 g/mol. The monoisotopic (exact) mass is 327 g/mol. The molecule has 1 aliphatic heterocycles. The Morgan fingerprint density at radius 2 is 2.30 bits per heavy atom. The fourth-order valence-electron chi connectivity index (χ4n) is 2.96. The lowest BCUT2D eigenvalue weighted by Crippen LogP contribution is -2.08. The number of fused-ring (bicyclic) bond motifs is 4. The highest BCUT2D eigenvalue weighted by molar-refractivity contribution is 7.18. The van der Waals surface area contributed by atoms with Gasteiger partial charge in [-0.3, -0.25) is 0 Å². The lowest BCUT2D eigenvalue weighted by Gasteiger charge is -2.16. The minimum absolute atomic E-state index is 0.592. The summed E-state index contributed by atoms with van der Waals surface area (Å²) in [6, 6.07) is 6.08.